The molecule has 5 rings (SSSR count). The molecule has 0 radical (unpaired) electrons. The molecule has 1 aliphatic heterocycles. The molecule has 0 fully saturated rings. The lowest BCUT2D eigenvalue weighted by Gasteiger charge is -2.23. The number of carbonyl (C=O) groups excluding carboxylic acids is 1. The average Bonchev–Trinajstić information content (AvgIpc) is 3.26. The smallest absolute Gasteiger partial charge is 0.255 e. The van der Waals surface area contributed by atoms with E-state index in [0.717, 1.165) is 27.6 Å². The molecule has 3 heterocycles. The van der Waals surface area contributed by atoms with Gasteiger partial charge in [0.15, 0.2) is 11.5 Å². The van der Waals surface area contributed by atoms with Crippen molar-refractivity contribution in [1.29, 1.82) is 0 Å². The fraction of sp³-hybridized carbons (Fsp3) is 0.200. The summed E-state index contributed by atoms with van der Waals surface area (Å²) in [5.74, 6) is 0.643. The Morgan fingerprint density at radius 3 is 2.75 bits per heavy atom. The number of fused-ring (bicyclic) bond motifs is 2. The van der Waals surface area contributed by atoms with Gasteiger partial charge in [-0.1, -0.05) is 18.2 Å². The summed E-state index contributed by atoms with van der Waals surface area (Å²) in [6.07, 6.45) is 5.82. The van der Waals surface area contributed by atoms with Crippen molar-refractivity contribution in [3.8, 4) is 22.6 Å². The Morgan fingerprint density at radius 2 is 1.91 bits per heavy atom. The van der Waals surface area contributed by atoms with Gasteiger partial charge >= 0.3 is 0 Å². The van der Waals surface area contributed by atoms with Crippen LogP contribution in [0.3, 0.4) is 0 Å². The van der Waals surface area contributed by atoms with Crippen LogP contribution in [-0.2, 0) is 6.42 Å². The van der Waals surface area contributed by atoms with Crippen LogP contribution in [0, 0.1) is 0 Å². The standard InChI is InChI=1S/C25H23N3O4/c29-15-19(11-18-14-27-22-4-2-1-3-20(18)22)28-25(30)21-12-17(16-5-7-26-8-6-16)13-23-24(21)32-10-9-31-23/h1-8,12-14,19,27,29H,9-11,15H2,(H,28,30)/t19-/m1/s1. The van der Waals surface area contributed by atoms with Gasteiger partial charge in [-0.25, -0.2) is 0 Å². The molecule has 0 spiro atoms. The number of benzene rings is 2. The van der Waals surface area contributed by atoms with Gasteiger partial charge < -0.3 is 24.9 Å². The van der Waals surface area contributed by atoms with Crippen molar-refractivity contribution in [3.05, 3.63) is 78.2 Å². The van der Waals surface area contributed by atoms with Gasteiger partial charge in [0.2, 0.25) is 0 Å². The van der Waals surface area contributed by atoms with E-state index in [-0.39, 0.29) is 12.5 Å². The minimum atomic E-state index is -0.452. The lowest BCUT2D eigenvalue weighted by Crippen LogP contribution is -2.39. The lowest BCUT2D eigenvalue weighted by molar-refractivity contribution is 0.0906. The minimum absolute atomic E-state index is 0.186. The number of aliphatic hydroxyl groups excluding tert-OH is 1. The summed E-state index contributed by atoms with van der Waals surface area (Å²) in [6.45, 7) is 0.614. The monoisotopic (exact) mass is 429 g/mol. The molecule has 0 saturated heterocycles. The van der Waals surface area contributed by atoms with Gasteiger partial charge in [-0.3, -0.25) is 9.78 Å². The molecule has 3 N–H and O–H groups in total. The summed E-state index contributed by atoms with van der Waals surface area (Å²) >= 11 is 0. The first kappa shape index (κ1) is 20.1. The van der Waals surface area contributed by atoms with Crippen LogP contribution in [0.25, 0.3) is 22.0 Å². The zero-order chi connectivity index (χ0) is 21.9. The molecule has 2 aromatic heterocycles. The molecule has 0 saturated carbocycles. The van der Waals surface area contributed by atoms with Gasteiger partial charge in [0.1, 0.15) is 13.2 Å². The molecular formula is C25H23N3O4. The number of rotatable bonds is 6. The highest BCUT2D eigenvalue weighted by atomic mass is 16.6. The zero-order valence-corrected chi connectivity index (χ0v) is 17.4. The number of carbonyl (C=O) groups is 1. The molecule has 0 bridgehead atoms. The number of nitrogens with one attached hydrogen (secondary N) is 2. The van der Waals surface area contributed by atoms with Crippen LogP contribution in [0.4, 0.5) is 0 Å². The number of aromatic nitrogens is 2. The van der Waals surface area contributed by atoms with Crippen molar-refractivity contribution < 1.29 is 19.4 Å². The molecule has 0 unspecified atom stereocenters. The van der Waals surface area contributed by atoms with Crippen molar-refractivity contribution in [2.24, 2.45) is 0 Å². The van der Waals surface area contributed by atoms with Crippen molar-refractivity contribution in [2.45, 2.75) is 12.5 Å². The summed E-state index contributed by atoms with van der Waals surface area (Å²) in [5, 5.41) is 14.0. The van der Waals surface area contributed by atoms with Crippen LogP contribution in [0.2, 0.25) is 0 Å². The Morgan fingerprint density at radius 1 is 1.09 bits per heavy atom. The van der Waals surface area contributed by atoms with Crippen LogP contribution in [0.5, 0.6) is 11.5 Å². The quantitative estimate of drug-likeness (QED) is 0.437. The van der Waals surface area contributed by atoms with Gasteiger partial charge in [0, 0.05) is 29.5 Å². The number of H-pyrrole nitrogens is 1. The van der Waals surface area contributed by atoms with Crippen molar-refractivity contribution >= 4 is 16.8 Å². The third-order valence-corrected chi connectivity index (χ3v) is 5.60. The second-order valence-electron chi connectivity index (χ2n) is 7.70. The van der Waals surface area contributed by atoms with Crippen LogP contribution >= 0.6 is 0 Å². The SMILES string of the molecule is O=C(N[C@@H](CO)Cc1c[nH]c2ccccc12)c1cc(-c2ccncc2)cc2c1OCCO2. The molecule has 1 amide bonds. The van der Waals surface area contributed by atoms with Gasteiger partial charge in [0.25, 0.3) is 5.91 Å². The zero-order valence-electron chi connectivity index (χ0n) is 17.4. The number of hydrogen-bond donors (Lipinski definition) is 3. The van der Waals surface area contributed by atoms with Gasteiger partial charge in [-0.15, -0.1) is 0 Å². The average molecular weight is 429 g/mol. The highest BCUT2D eigenvalue weighted by Crippen LogP contribution is 2.38. The third kappa shape index (κ3) is 3.90. The number of aliphatic hydroxyl groups is 1. The van der Waals surface area contributed by atoms with E-state index in [0.29, 0.717) is 36.7 Å². The maximum absolute atomic E-state index is 13.3. The third-order valence-electron chi connectivity index (χ3n) is 5.60. The number of amides is 1. The molecule has 32 heavy (non-hydrogen) atoms. The van der Waals surface area contributed by atoms with Gasteiger partial charge in [-0.05, 0) is 53.4 Å². The maximum atomic E-state index is 13.3. The van der Waals surface area contributed by atoms with Crippen LogP contribution in [-0.4, -0.2) is 46.8 Å². The molecule has 7 nitrogen and oxygen atoms in total. The number of hydrogen-bond acceptors (Lipinski definition) is 5. The number of para-hydroxylation sites is 1. The largest absolute Gasteiger partial charge is 0.486 e. The Kier molecular flexibility index (Phi) is 5.47. The Labute approximate surface area is 185 Å². The normalized spacial score (nSPS) is 13.7. The molecular weight excluding hydrogens is 406 g/mol. The highest BCUT2D eigenvalue weighted by Gasteiger charge is 2.24. The summed E-state index contributed by atoms with van der Waals surface area (Å²) < 4.78 is 11.5. The van der Waals surface area contributed by atoms with E-state index < -0.39 is 6.04 Å². The predicted octanol–water partition coefficient (Wildman–Crippen LogP) is 3.33. The molecule has 1 aliphatic rings. The van der Waals surface area contributed by atoms with Crippen LogP contribution in [0.15, 0.2) is 67.1 Å². The molecule has 7 heteroatoms. The molecule has 4 aromatic rings. The highest BCUT2D eigenvalue weighted by molar-refractivity contribution is 5.99. The molecule has 162 valence electrons. The number of nitrogens with zero attached hydrogens (tertiary/aromatic N) is 1. The second-order valence-corrected chi connectivity index (χ2v) is 7.70. The van der Waals surface area contributed by atoms with E-state index >= 15 is 0 Å². The van der Waals surface area contributed by atoms with Crippen LogP contribution in [0.1, 0.15) is 15.9 Å². The first-order valence-electron chi connectivity index (χ1n) is 10.5. The van der Waals surface area contributed by atoms with E-state index in [9.17, 15) is 9.90 Å². The van der Waals surface area contributed by atoms with E-state index in [1.54, 1.807) is 18.5 Å². The van der Waals surface area contributed by atoms with Crippen molar-refractivity contribution in [3.63, 3.8) is 0 Å². The topological polar surface area (TPSA) is 96.5 Å². The van der Waals surface area contributed by atoms with E-state index in [2.05, 4.69) is 15.3 Å². The number of aromatic amines is 1. The fourth-order valence-electron chi connectivity index (χ4n) is 4.02. The first-order chi connectivity index (χ1) is 15.7. The van der Waals surface area contributed by atoms with Crippen LogP contribution < -0.4 is 14.8 Å². The van der Waals surface area contributed by atoms with E-state index in [1.807, 2.05) is 48.7 Å². The Balaban J connectivity index is 1.43. The number of pyridine rings is 1. The minimum Gasteiger partial charge on any atom is -0.486 e. The summed E-state index contributed by atoms with van der Waals surface area (Å²) in [5.41, 5.74) is 4.19. The molecule has 2 aromatic carbocycles. The summed E-state index contributed by atoms with van der Waals surface area (Å²) in [4.78, 5) is 20.6. The fourth-order valence-corrected chi connectivity index (χ4v) is 4.02. The first-order valence-corrected chi connectivity index (χ1v) is 10.5. The van der Waals surface area contributed by atoms with Crippen molar-refractivity contribution in [1.82, 2.24) is 15.3 Å². The van der Waals surface area contributed by atoms with Crippen molar-refractivity contribution in [2.75, 3.05) is 19.8 Å². The Hall–Kier alpha value is -3.84. The van der Waals surface area contributed by atoms with Gasteiger partial charge in [0.05, 0.1) is 18.2 Å². The summed E-state index contributed by atoms with van der Waals surface area (Å²) in [6, 6.07) is 14.9. The van der Waals surface area contributed by atoms with E-state index in [4.69, 9.17) is 9.47 Å². The summed E-state index contributed by atoms with van der Waals surface area (Å²) in [7, 11) is 0. The molecule has 1 atom stereocenters. The van der Waals surface area contributed by atoms with Gasteiger partial charge in [-0.2, -0.15) is 0 Å². The lowest BCUT2D eigenvalue weighted by atomic mass is 10.0. The maximum Gasteiger partial charge on any atom is 0.255 e. The number of ether oxygens (including phenoxy) is 2. The predicted molar refractivity (Wildman–Crippen MR) is 121 cm³/mol. The Bertz CT molecular complexity index is 1250. The molecule has 0 aliphatic carbocycles. The van der Waals surface area contributed by atoms with E-state index in [1.165, 1.54) is 0 Å². The second kappa shape index (κ2) is 8.72.